The van der Waals surface area contributed by atoms with E-state index in [9.17, 15) is 0 Å². The van der Waals surface area contributed by atoms with Gasteiger partial charge in [-0.15, -0.1) is 0 Å². The second-order valence-corrected chi connectivity index (χ2v) is 4.55. The summed E-state index contributed by atoms with van der Waals surface area (Å²) < 4.78 is 6.45. The largest absolute Gasteiger partial charge is 0.448 e. The molecule has 0 aliphatic carbocycles. The highest BCUT2D eigenvalue weighted by atomic mass is 79.9. The molecule has 0 bridgehead atoms. The van der Waals surface area contributed by atoms with Crippen LogP contribution in [0.3, 0.4) is 0 Å². The molecule has 2 aromatic rings. The molecule has 0 aliphatic heterocycles. The number of oxazole rings is 1. The first-order valence-corrected chi connectivity index (χ1v) is 5.67. The van der Waals surface area contributed by atoms with Crippen LogP contribution < -0.4 is 0 Å². The van der Waals surface area contributed by atoms with Crippen molar-refractivity contribution in [2.45, 2.75) is 19.8 Å². The van der Waals surface area contributed by atoms with Crippen LogP contribution in [-0.4, -0.2) is 4.98 Å². The molecule has 0 N–H and O–H groups in total. The van der Waals surface area contributed by atoms with Gasteiger partial charge >= 0.3 is 0 Å². The third-order valence-electron chi connectivity index (χ3n) is 2.25. The van der Waals surface area contributed by atoms with Crippen LogP contribution in [0.25, 0.3) is 11.3 Å². The van der Waals surface area contributed by atoms with Gasteiger partial charge in [0.15, 0.2) is 6.39 Å². The number of hydrogen-bond donors (Lipinski definition) is 0. The van der Waals surface area contributed by atoms with Gasteiger partial charge in [0.2, 0.25) is 0 Å². The summed E-state index contributed by atoms with van der Waals surface area (Å²) in [6.45, 7) is 4.20. The van der Waals surface area contributed by atoms with Crippen molar-refractivity contribution < 1.29 is 4.42 Å². The summed E-state index contributed by atoms with van der Waals surface area (Å²) in [5.74, 6) is 1.27. The number of rotatable bonds is 2. The van der Waals surface area contributed by atoms with E-state index in [2.05, 4.69) is 34.8 Å². The van der Waals surface area contributed by atoms with Gasteiger partial charge in [-0.3, -0.25) is 0 Å². The lowest BCUT2D eigenvalue weighted by Crippen LogP contribution is -1.89. The monoisotopic (exact) mass is 265 g/mol. The fourth-order valence-corrected chi connectivity index (χ4v) is 1.99. The van der Waals surface area contributed by atoms with Crippen molar-refractivity contribution in [2.24, 2.45) is 0 Å². The minimum atomic E-state index is 0.342. The van der Waals surface area contributed by atoms with E-state index >= 15 is 0 Å². The van der Waals surface area contributed by atoms with Gasteiger partial charge in [-0.05, 0) is 6.07 Å². The molecule has 1 aromatic carbocycles. The van der Waals surface area contributed by atoms with Gasteiger partial charge in [-0.2, -0.15) is 0 Å². The van der Waals surface area contributed by atoms with E-state index in [0.29, 0.717) is 5.92 Å². The molecule has 0 saturated heterocycles. The smallest absolute Gasteiger partial charge is 0.181 e. The molecule has 1 heterocycles. The van der Waals surface area contributed by atoms with Crippen LogP contribution in [0.2, 0.25) is 0 Å². The lowest BCUT2D eigenvalue weighted by atomic mass is 10.0. The summed E-state index contributed by atoms with van der Waals surface area (Å²) in [4.78, 5) is 4.27. The Bertz CT molecular complexity index is 462. The first-order valence-electron chi connectivity index (χ1n) is 4.88. The van der Waals surface area contributed by atoms with Crippen LogP contribution in [0.5, 0.6) is 0 Å². The highest BCUT2D eigenvalue weighted by Gasteiger charge is 2.15. The Hall–Kier alpha value is -1.09. The molecule has 2 rings (SSSR count). The standard InChI is InChI=1S/C12H12BrNO/c1-8(2)12-11(14-7-15-12)9-5-3-4-6-10(9)13/h3-8H,1-2H3. The minimum absolute atomic E-state index is 0.342. The SMILES string of the molecule is CC(C)c1ocnc1-c1ccccc1Br. The summed E-state index contributed by atoms with van der Waals surface area (Å²) >= 11 is 3.52. The van der Waals surface area contributed by atoms with Crippen molar-refractivity contribution in [3.8, 4) is 11.3 Å². The van der Waals surface area contributed by atoms with Crippen molar-refractivity contribution in [1.82, 2.24) is 4.98 Å². The van der Waals surface area contributed by atoms with E-state index in [0.717, 1.165) is 21.5 Å². The van der Waals surface area contributed by atoms with Crippen molar-refractivity contribution in [1.29, 1.82) is 0 Å². The average Bonchev–Trinajstić information content (AvgIpc) is 2.67. The third kappa shape index (κ3) is 1.97. The first-order chi connectivity index (χ1) is 7.20. The van der Waals surface area contributed by atoms with Gasteiger partial charge in [-0.1, -0.05) is 48.0 Å². The molecule has 0 fully saturated rings. The van der Waals surface area contributed by atoms with Crippen molar-refractivity contribution in [2.75, 3.05) is 0 Å². The third-order valence-corrected chi connectivity index (χ3v) is 2.94. The Morgan fingerprint density at radius 3 is 2.67 bits per heavy atom. The van der Waals surface area contributed by atoms with Crippen LogP contribution in [-0.2, 0) is 0 Å². The molecule has 0 radical (unpaired) electrons. The van der Waals surface area contributed by atoms with Crippen molar-refractivity contribution >= 4 is 15.9 Å². The maximum absolute atomic E-state index is 5.40. The van der Waals surface area contributed by atoms with Crippen LogP contribution in [0.1, 0.15) is 25.5 Å². The zero-order chi connectivity index (χ0) is 10.8. The topological polar surface area (TPSA) is 26.0 Å². The molecular weight excluding hydrogens is 254 g/mol. The molecule has 0 aliphatic rings. The highest BCUT2D eigenvalue weighted by molar-refractivity contribution is 9.10. The molecule has 0 saturated carbocycles. The van der Waals surface area contributed by atoms with Crippen LogP contribution in [0.4, 0.5) is 0 Å². The van der Waals surface area contributed by atoms with Crippen LogP contribution in [0, 0.1) is 0 Å². The summed E-state index contributed by atoms with van der Waals surface area (Å²) in [6, 6.07) is 8.03. The first kappa shape index (κ1) is 10.4. The quantitative estimate of drug-likeness (QED) is 0.813. The van der Waals surface area contributed by atoms with Crippen molar-refractivity contribution in [3.05, 3.63) is 40.9 Å². The lowest BCUT2D eigenvalue weighted by molar-refractivity contribution is 0.483. The second kappa shape index (κ2) is 4.19. The Labute approximate surface area is 97.5 Å². The fraction of sp³-hybridized carbons (Fsp3) is 0.250. The molecule has 0 atom stereocenters. The highest BCUT2D eigenvalue weighted by Crippen LogP contribution is 2.32. The molecular formula is C12H12BrNO. The Balaban J connectivity index is 2.55. The zero-order valence-electron chi connectivity index (χ0n) is 8.70. The summed E-state index contributed by atoms with van der Waals surface area (Å²) in [5.41, 5.74) is 2.01. The Kier molecular flexibility index (Phi) is 2.91. The lowest BCUT2D eigenvalue weighted by Gasteiger charge is -2.05. The number of aromatic nitrogens is 1. The molecule has 0 spiro atoms. The average molecular weight is 266 g/mol. The minimum Gasteiger partial charge on any atom is -0.448 e. The second-order valence-electron chi connectivity index (χ2n) is 3.70. The molecule has 2 nitrogen and oxygen atoms in total. The van der Waals surface area contributed by atoms with E-state index in [4.69, 9.17) is 4.42 Å². The van der Waals surface area contributed by atoms with E-state index in [1.54, 1.807) is 0 Å². The predicted molar refractivity (Wildman–Crippen MR) is 63.7 cm³/mol. The summed E-state index contributed by atoms with van der Waals surface area (Å²) in [5, 5.41) is 0. The number of halogens is 1. The van der Waals surface area contributed by atoms with Gasteiger partial charge in [0, 0.05) is 16.0 Å². The van der Waals surface area contributed by atoms with Gasteiger partial charge < -0.3 is 4.42 Å². The maximum atomic E-state index is 5.40. The molecule has 1 aromatic heterocycles. The van der Waals surface area contributed by atoms with Crippen molar-refractivity contribution in [3.63, 3.8) is 0 Å². The Morgan fingerprint density at radius 1 is 1.27 bits per heavy atom. The Morgan fingerprint density at radius 2 is 2.00 bits per heavy atom. The van der Waals surface area contributed by atoms with E-state index in [-0.39, 0.29) is 0 Å². The molecule has 0 amide bonds. The normalized spacial score (nSPS) is 10.9. The fourth-order valence-electron chi connectivity index (χ4n) is 1.52. The summed E-state index contributed by atoms with van der Waals surface area (Å²) in [6.07, 6.45) is 1.50. The number of nitrogens with zero attached hydrogens (tertiary/aromatic N) is 1. The number of benzene rings is 1. The van der Waals surface area contributed by atoms with E-state index in [1.165, 1.54) is 6.39 Å². The van der Waals surface area contributed by atoms with Gasteiger partial charge in [0.25, 0.3) is 0 Å². The molecule has 0 unspecified atom stereocenters. The molecule has 3 heteroatoms. The van der Waals surface area contributed by atoms with Gasteiger partial charge in [0.1, 0.15) is 11.5 Å². The molecule has 78 valence electrons. The number of hydrogen-bond acceptors (Lipinski definition) is 2. The van der Waals surface area contributed by atoms with E-state index in [1.807, 2.05) is 24.3 Å². The molecule has 15 heavy (non-hydrogen) atoms. The van der Waals surface area contributed by atoms with Crippen LogP contribution >= 0.6 is 15.9 Å². The summed E-state index contributed by atoms with van der Waals surface area (Å²) in [7, 11) is 0. The van der Waals surface area contributed by atoms with Gasteiger partial charge in [-0.25, -0.2) is 4.98 Å². The maximum Gasteiger partial charge on any atom is 0.181 e. The zero-order valence-corrected chi connectivity index (χ0v) is 10.3. The van der Waals surface area contributed by atoms with Gasteiger partial charge in [0.05, 0.1) is 0 Å². The van der Waals surface area contributed by atoms with Crippen LogP contribution in [0.15, 0.2) is 39.5 Å². The van der Waals surface area contributed by atoms with E-state index < -0.39 is 0 Å². The predicted octanol–water partition coefficient (Wildman–Crippen LogP) is 4.23.